The number of aromatic nitrogens is 2. The molecule has 9 heteroatoms. The Kier molecular flexibility index (Phi) is 5.73. The molecule has 8 nitrogen and oxygen atoms in total. The normalized spacial score (nSPS) is 21.5. The number of imidazole rings is 1. The first-order valence-electron chi connectivity index (χ1n) is 11.5. The van der Waals surface area contributed by atoms with E-state index in [9.17, 15) is 14.4 Å². The van der Waals surface area contributed by atoms with E-state index in [2.05, 4.69) is 34.8 Å². The van der Waals surface area contributed by atoms with E-state index in [1.807, 2.05) is 17.0 Å². The van der Waals surface area contributed by atoms with Gasteiger partial charge in [-0.25, -0.2) is 4.98 Å². The molecule has 0 radical (unpaired) electrons. The van der Waals surface area contributed by atoms with Crippen LogP contribution in [0.15, 0.2) is 42.3 Å². The smallest absolute Gasteiger partial charge is 0.268 e. The number of carbonyl (C=O) groups is 3. The topological polar surface area (TPSA) is 96.3 Å². The van der Waals surface area contributed by atoms with Gasteiger partial charge in [-0.05, 0) is 56.4 Å². The molecule has 2 saturated heterocycles. The first kappa shape index (κ1) is 22.3. The first-order valence-corrected chi connectivity index (χ1v) is 12.3. The summed E-state index contributed by atoms with van der Waals surface area (Å²) in [6.45, 7) is 7.15. The molecule has 3 atom stereocenters. The van der Waals surface area contributed by atoms with Gasteiger partial charge in [0.1, 0.15) is 0 Å². The minimum absolute atomic E-state index is 0.139. The lowest BCUT2D eigenvalue weighted by atomic mass is 9.96. The highest BCUT2D eigenvalue weighted by Crippen LogP contribution is 2.43. The average Bonchev–Trinajstić information content (AvgIpc) is 3.48. The maximum atomic E-state index is 13.1. The molecule has 176 valence electrons. The van der Waals surface area contributed by atoms with Crippen molar-refractivity contribution in [3.05, 3.63) is 52.7 Å². The second-order valence-electron chi connectivity index (χ2n) is 9.03. The number of carbonyl (C=O) groups excluding carboxylic acids is 3. The molecular formula is C25H27N5O3S. The quantitative estimate of drug-likeness (QED) is 0.529. The zero-order chi connectivity index (χ0) is 24.0. The molecule has 2 aliphatic heterocycles. The van der Waals surface area contributed by atoms with Crippen molar-refractivity contribution in [3.8, 4) is 0 Å². The Morgan fingerprint density at radius 3 is 2.56 bits per heavy atom. The number of piperidine rings is 1. The summed E-state index contributed by atoms with van der Waals surface area (Å²) in [5.74, 6) is 0.0549. The number of hydrogen-bond acceptors (Lipinski definition) is 5. The summed E-state index contributed by atoms with van der Waals surface area (Å²) in [6.07, 6.45) is 4.91. The maximum Gasteiger partial charge on any atom is 0.268 e. The van der Waals surface area contributed by atoms with Gasteiger partial charge < -0.3 is 14.8 Å². The van der Waals surface area contributed by atoms with Crippen LogP contribution in [-0.4, -0.2) is 44.3 Å². The molecule has 2 aliphatic rings. The molecule has 2 N–H and O–H groups in total. The minimum Gasteiger partial charge on any atom is -0.337 e. The third-order valence-corrected chi connectivity index (χ3v) is 7.78. The predicted molar refractivity (Wildman–Crippen MR) is 133 cm³/mol. The van der Waals surface area contributed by atoms with Gasteiger partial charge in [0.2, 0.25) is 17.8 Å². The number of para-hydroxylation sites is 1. The molecule has 1 unspecified atom stereocenters. The van der Waals surface area contributed by atoms with Crippen molar-refractivity contribution in [1.82, 2.24) is 14.5 Å². The number of amides is 3. The number of anilines is 2. The molecule has 34 heavy (non-hydrogen) atoms. The van der Waals surface area contributed by atoms with Crippen molar-refractivity contribution in [2.24, 2.45) is 0 Å². The zero-order valence-corrected chi connectivity index (χ0v) is 20.0. The average molecular weight is 478 g/mol. The van der Waals surface area contributed by atoms with Crippen LogP contribution in [0.3, 0.4) is 0 Å². The minimum atomic E-state index is -0.325. The van der Waals surface area contributed by atoms with Crippen molar-refractivity contribution in [1.29, 1.82) is 0 Å². The van der Waals surface area contributed by atoms with Gasteiger partial charge in [-0.3, -0.25) is 19.7 Å². The third kappa shape index (κ3) is 3.90. The number of benzene rings is 1. The molecular weight excluding hydrogens is 450 g/mol. The number of aryl methyl sites for hydroxylation is 1. The predicted octanol–water partition coefficient (Wildman–Crippen LogP) is 4.50. The Morgan fingerprint density at radius 2 is 1.88 bits per heavy atom. The van der Waals surface area contributed by atoms with E-state index in [4.69, 9.17) is 4.98 Å². The number of hydrogen-bond donors (Lipinski definition) is 2. The van der Waals surface area contributed by atoms with Crippen molar-refractivity contribution >= 4 is 51.7 Å². The summed E-state index contributed by atoms with van der Waals surface area (Å²) in [5.41, 5.74) is 3.50. The molecule has 2 aromatic heterocycles. The second-order valence-corrected chi connectivity index (χ2v) is 9.94. The number of fused-ring (bicyclic) bond motifs is 3. The third-order valence-electron chi connectivity index (χ3n) is 6.85. The lowest BCUT2D eigenvalue weighted by molar-refractivity contribution is -0.133. The summed E-state index contributed by atoms with van der Waals surface area (Å²) >= 11 is 1.25. The van der Waals surface area contributed by atoms with E-state index < -0.39 is 0 Å². The van der Waals surface area contributed by atoms with Crippen molar-refractivity contribution in [3.63, 3.8) is 0 Å². The van der Waals surface area contributed by atoms with Crippen LogP contribution < -0.4 is 10.6 Å². The number of nitrogens with zero attached hydrogens (tertiary/aromatic N) is 3. The Hall–Kier alpha value is -3.46. The van der Waals surface area contributed by atoms with E-state index >= 15 is 0 Å². The Balaban J connectivity index is 1.47. The molecule has 3 aromatic rings. The summed E-state index contributed by atoms with van der Waals surface area (Å²) in [6, 6.07) is 8.21. The molecule has 3 amide bonds. The Bertz CT molecular complexity index is 1300. The fraction of sp³-hybridized carbons (Fsp3) is 0.360. The first-order chi connectivity index (χ1) is 16.4. The van der Waals surface area contributed by atoms with Crippen LogP contribution >= 0.6 is 11.3 Å². The van der Waals surface area contributed by atoms with Crippen LogP contribution in [0.2, 0.25) is 0 Å². The van der Waals surface area contributed by atoms with E-state index in [0.29, 0.717) is 16.5 Å². The van der Waals surface area contributed by atoms with Gasteiger partial charge in [0.25, 0.3) is 5.91 Å². The van der Waals surface area contributed by atoms with Gasteiger partial charge in [-0.15, -0.1) is 11.3 Å². The lowest BCUT2D eigenvalue weighted by Crippen LogP contribution is -2.46. The van der Waals surface area contributed by atoms with Gasteiger partial charge in [-0.2, -0.15) is 0 Å². The fourth-order valence-electron chi connectivity index (χ4n) is 5.52. The van der Waals surface area contributed by atoms with Crippen molar-refractivity contribution in [2.45, 2.75) is 57.7 Å². The summed E-state index contributed by atoms with van der Waals surface area (Å²) in [7, 11) is 0. The fourth-order valence-corrected chi connectivity index (χ4v) is 6.25. The monoisotopic (exact) mass is 477 g/mol. The maximum absolute atomic E-state index is 13.1. The zero-order valence-electron chi connectivity index (χ0n) is 19.2. The van der Waals surface area contributed by atoms with Crippen LogP contribution in [0.4, 0.5) is 11.6 Å². The van der Waals surface area contributed by atoms with Crippen LogP contribution in [0.1, 0.15) is 53.9 Å². The standard InChI is InChI=1S/C25H27N5O3S/c1-4-22(32)26-16-10-21(34-13-16)24(33)28-25-27-20-7-5-6-14(2)23(20)30(25)19-11-17-8-9-18(12-19)29(17)15(3)31/h4-7,10,13,17-19H,1,8-9,11-12H2,2-3H3,(H,26,32)(H,27,28,33)/t17-,18+,19?. The molecule has 2 bridgehead atoms. The highest BCUT2D eigenvalue weighted by Gasteiger charge is 2.43. The number of nitrogens with one attached hydrogen (secondary N) is 2. The second kappa shape index (κ2) is 8.72. The van der Waals surface area contributed by atoms with E-state index in [0.717, 1.165) is 42.3 Å². The summed E-state index contributed by atoms with van der Waals surface area (Å²) < 4.78 is 2.17. The Labute approximate surface area is 201 Å². The largest absolute Gasteiger partial charge is 0.337 e. The van der Waals surface area contributed by atoms with Crippen molar-refractivity contribution in [2.75, 3.05) is 10.6 Å². The highest BCUT2D eigenvalue weighted by atomic mass is 32.1. The molecule has 0 aliphatic carbocycles. The SMILES string of the molecule is C=CC(=O)Nc1csc(C(=O)Nc2nc3cccc(C)c3n2C2C[C@H]3CC[C@@H](C2)N3C(C)=O)c1. The number of rotatable bonds is 5. The van der Waals surface area contributed by atoms with Gasteiger partial charge >= 0.3 is 0 Å². The van der Waals surface area contributed by atoms with Gasteiger partial charge in [0.05, 0.1) is 21.6 Å². The highest BCUT2D eigenvalue weighted by molar-refractivity contribution is 7.12. The van der Waals surface area contributed by atoms with Crippen LogP contribution in [0, 0.1) is 6.92 Å². The van der Waals surface area contributed by atoms with Gasteiger partial charge in [0, 0.05) is 30.4 Å². The molecule has 0 saturated carbocycles. The van der Waals surface area contributed by atoms with Gasteiger partial charge in [-0.1, -0.05) is 18.7 Å². The summed E-state index contributed by atoms with van der Waals surface area (Å²) in [5, 5.41) is 7.41. The van der Waals surface area contributed by atoms with E-state index in [-0.39, 0.29) is 35.8 Å². The molecule has 4 heterocycles. The van der Waals surface area contributed by atoms with Gasteiger partial charge in [0.15, 0.2) is 0 Å². The lowest BCUT2D eigenvalue weighted by Gasteiger charge is -2.39. The van der Waals surface area contributed by atoms with Crippen molar-refractivity contribution < 1.29 is 14.4 Å². The van der Waals surface area contributed by atoms with Crippen LogP contribution in [0.5, 0.6) is 0 Å². The molecule has 2 fully saturated rings. The Morgan fingerprint density at radius 1 is 1.15 bits per heavy atom. The molecule has 5 rings (SSSR count). The number of thiophene rings is 1. The van der Waals surface area contributed by atoms with E-state index in [1.54, 1.807) is 18.4 Å². The summed E-state index contributed by atoms with van der Waals surface area (Å²) in [4.78, 5) is 44.2. The molecule has 1 aromatic carbocycles. The van der Waals surface area contributed by atoms with Crippen LogP contribution in [0.25, 0.3) is 11.0 Å². The van der Waals surface area contributed by atoms with Crippen LogP contribution in [-0.2, 0) is 9.59 Å². The van der Waals surface area contributed by atoms with E-state index in [1.165, 1.54) is 17.4 Å². The molecule has 0 spiro atoms.